The first-order valence-corrected chi connectivity index (χ1v) is 7.15. The molecule has 4 nitrogen and oxygen atoms in total. The van der Waals surface area contributed by atoms with Crippen molar-refractivity contribution in [3.05, 3.63) is 29.3 Å². The van der Waals surface area contributed by atoms with E-state index >= 15 is 0 Å². The van der Waals surface area contributed by atoms with Gasteiger partial charge in [0.05, 0.1) is 6.61 Å². The minimum atomic E-state index is 0.269. The normalized spacial score (nSPS) is 20.8. The summed E-state index contributed by atoms with van der Waals surface area (Å²) >= 11 is 0. The van der Waals surface area contributed by atoms with Crippen molar-refractivity contribution in [3.8, 4) is 0 Å². The van der Waals surface area contributed by atoms with Crippen LogP contribution < -0.4 is 4.90 Å². The van der Waals surface area contributed by atoms with Gasteiger partial charge in [-0.2, -0.15) is 0 Å². The third kappa shape index (κ3) is 2.76. The van der Waals surface area contributed by atoms with Crippen LogP contribution in [-0.2, 0) is 13.1 Å². The fourth-order valence-corrected chi connectivity index (χ4v) is 3.12. The van der Waals surface area contributed by atoms with Crippen LogP contribution in [-0.4, -0.2) is 61.3 Å². The zero-order valence-corrected chi connectivity index (χ0v) is 11.7. The van der Waals surface area contributed by atoms with Gasteiger partial charge >= 0.3 is 0 Å². The molecule has 4 heteroatoms. The molecule has 0 aromatic heterocycles. The van der Waals surface area contributed by atoms with E-state index in [0.29, 0.717) is 0 Å². The van der Waals surface area contributed by atoms with Crippen molar-refractivity contribution >= 4 is 5.69 Å². The van der Waals surface area contributed by atoms with E-state index in [9.17, 15) is 0 Å². The van der Waals surface area contributed by atoms with Gasteiger partial charge in [0.2, 0.25) is 0 Å². The number of aliphatic hydroxyl groups is 1. The van der Waals surface area contributed by atoms with Gasteiger partial charge in [-0.15, -0.1) is 0 Å². The first kappa shape index (κ1) is 12.9. The topological polar surface area (TPSA) is 30.0 Å². The standard InChI is InChI=1S/C15H23N3O/c1-16-11-13-2-3-15(10-14(13)12-16)18-6-4-17(5-7-18)8-9-19/h2-3,10,19H,4-9,11-12H2,1H3. The van der Waals surface area contributed by atoms with Crippen LogP contribution in [0.15, 0.2) is 18.2 Å². The van der Waals surface area contributed by atoms with Crippen molar-refractivity contribution in [1.82, 2.24) is 9.80 Å². The summed E-state index contributed by atoms with van der Waals surface area (Å²) in [4.78, 5) is 7.15. The van der Waals surface area contributed by atoms with Crippen LogP contribution in [0.1, 0.15) is 11.1 Å². The summed E-state index contributed by atoms with van der Waals surface area (Å²) in [5.74, 6) is 0. The molecule has 0 aliphatic carbocycles. The van der Waals surface area contributed by atoms with Crippen molar-refractivity contribution < 1.29 is 5.11 Å². The van der Waals surface area contributed by atoms with E-state index in [1.54, 1.807) is 0 Å². The maximum absolute atomic E-state index is 8.97. The third-order valence-corrected chi connectivity index (χ3v) is 4.22. The number of aliphatic hydroxyl groups excluding tert-OH is 1. The number of fused-ring (bicyclic) bond motifs is 1. The van der Waals surface area contributed by atoms with Gasteiger partial charge in [-0.25, -0.2) is 0 Å². The molecule has 1 N–H and O–H groups in total. The van der Waals surface area contributed by atoms with E-state index < -0.39 is 0 Å². The molecule has 2 aliphatic heterocycles. The Morgan fingerprint density at radius 3 is 2.53 bits per heavy atom. The van der Waals surface area contributed by atoms with Gasteiger partial charge in [-0.3, -0.25) is 9.80 Å². The lowest BCUT2D eigenvalue weighted by molar-refractivity contribution is 0.189. The fraction of sp³-hybridized carbons (Fsp3) is 0.600. The van der Waals surface area contributed by atoms with Crippen LogP contribution in [0, 0.1) is 0 Å². The molecule has 104 valence electrons. The third-order valence-electron chi connectivity index (χ3n) is 4.22. The highest BCUT2D eigenvalue weighted by Crippen LogP contribution is 2.26. The SMILES string of the molecule is CN1Cc2ccc(N3CCN(CCO)CC3)cc2C1. The van der Waals surface area contributed by atoms with Crippen molar-refractivity contribution in [2.24, 2.45) is 0 Å². The summed E-state index contributed by atoms with van der Waals surface area (Å²) in [5.41, 5.74) is 4.32. The van der Waals surface area contributed by atoms with Crippen LogP contribution in [0.25, 0.3) is 0 Å². The summed E-state index contributed by atoms with van der Waals surface area (Å²) in [6.07, 6.45) is 0. The van der Waals surface area contributed by atoms with Gasteiger partial charge in [0, 0.05) is 51.5 Å². The Bertz CT molecular complexity index is 441. The van der Waals surface area contributed by atoms with Crippen LogP contribution in [0.4, 0.5) is 5.69 Å². The predicted octanol–water partition coefficient (Wildman–Crippen LogP) is 0.746. The molecule has 19 heavy (non-hydrogen) atoms. The van der Waals surface area contributed by atoms with Crippen LogP contribution >= 0.6 is 0 Å². The van der Waals surface area contributed by atoms with Gasteiger partial charge in [0.15, 0.2) is 0 Å². The molecule has 0 atom stereocenters. The van der Waals surface area contributed by atoms with Crippen molar-refractivity contribution in [2.45, 2.75) is 13.1 Å². The quantitative estimate of drug-likeness (QED) is 0.869. The molecule has 1 fully saturated rings. The van der Waals surface area contributed by atoms with E-state index in [2.05, 4.69) is 39.9 Å². The summed E-state index contributed by atoms with van der Waals surface area (Å²) in [7, 11) is 2.17. The number of hydrogen-bond donors (Lipinski definition) is 1. The second-order valence-electron chi connectivity index (χ2n) is 5.68. The summed E-state index contributed by atoms with van der Waals surface area (Å²) in [5, 5.41) is 8.97. The molecule has 3 rings (SSSR count). The Labute approximate surface area is 115 Å². The van der Waals surface area contributed by atoms with E-state index in [0.717, 1.165) is 45.8 Å². The minimum absolute atomic E-state index is 0.269. The number of anilines is 1. The molecule has 1 saturated heterocycles. The van der Waals surface area contributed by atoms with Crippen LogP contribution in [0.3, 0.4) is 0 Å². The molecule has 2 heterocycles. The van der Waals surface area contributed by atoms with Crippen LogP contribution in [0.5, 0.6) is 0 Å². The number of benzene rings is 1. The lowest BCUT2D eigenvalue weighted by atomic mass is 10.1. The monoisotopic (exact) mass is 261 g/mol. The Hall–Kier alpha value is -1.10. The molecular weight excluding hydrogens is 238 g/mol. The van der Waals surface area contributed by atoms with Gasteiger partial charge in [-0.1, -0.05) is 6.07 Å². The van der Waals surface area contributed by atoms with Gasteiger partial charge in [0.25, 0.3) is 0 Å². The highest BCUT2D eigenvalue weighted by Gasteiger charge is 2.20. The predicted molar refractivity (Wildman–Crippen MR) is 77.4 cm³/mol. The number of β-amino-alcohol motifs (C(OH)–C–C–N with tert-alkyl or cyclic N) is 1. The van der Waals surface area contributed by atoms with Crippen LogP contribution in [0.2, 0.25) is 0 Å². The lowest BCUT2D eigenvalue weighted by Crippen LogP contribution is -2.47. The Kier molecular flexibility index (Phi) is 3.73. The average molecular weight is 261 g/mol. The Balaban J connectivity index is 1.66. The molecule has 0 unspecified atom stereocenters. The maximum Gasteiger partial charge on any atom is 0.0558 e. The molecule has 0 saturated carbocycles. The molecule has 0 spiro atoms. The van der Waals surface area contributed by atoms with Gasteiger partial charge < -0.3 is 10.0 Å². The molecule has 1 aromatic carbocycles. The molecule has 1 aromatic rings. The fourth-order valence-electron chi connectivity index (χ4n) is 3.12. The number of rotatable bonds is 3. The van der Waals surface area contributed by atoms with E-state index in [1.807, 2.05) is 0 Å². The smallest absolute Gasteiger partial charge is 0.0558 e. The highest BCUT2D eigenvalue weighted by atomic mass is 16.3. The Morgan fingerprint density at radius 2 is 1.79 bits per heavy atom. The average Bonchev–Trinajstić information content (AvgIpc) is 2.79. The second-order valence-corrected chi connectivity index (χ2v) is 5.68. The lowest BCUT2D eigenvalue weighted by Gasteiger charge is -2.36. The Morgan fingerprint density at radius 1 is 1.05 bits per heavy atom. The largest absolute Gasteiger partial charge is 0.395 e. The summed E-state index contributed by atoms with van der Waals surface area (Å²) in [6, 6.07) is 6.91. The zero-order valence-electron chi connectivity index (χ0n) is 11.7. The zero-order chi connectivity index (χ0) is 13.2. The van der Waals surface area contributed by atoms with E-state index in [1.165, 1.54) is 16.8 Å². The minimum Gasteiger partial charge on any atom is -0.395 e. The maximum atomic E-state index is 8.97. The number of nitrogens with zero attached hydrogens (tertiary/aromatic N) is 3. The van der Waals surface area contributed by atoms with E-state index in [4.69, 9.17) is 5.11 Å². The van der Waals surface area contributed by atoms with Gasteiger partial charge in [0.1, 0.15) is 0 Å². The van der Waals surface area contributed by atoms with Crippen molar-refractivity contribution in [2.75, 3.05) is 51.3 Å². The highest BCUT2D eigenvalue weighted by molar-refractivity contribution is 5.52. The summed E-state index contributed by atoms with van der Waals surface area (Å²) in [6.45, 7) is 7.47. The first-order valence-electron chi connectivity index (χ1n) is 7.15. The summed E-state index contributed by atoms with van der Waals surface area (Å²) < 4.78 is 0. The van der Waals surface area contributed by atoms with Crippen molar-refractivity contribution in [1.29, 1.82) is 0 Å². The van der Waals surface area contributed by atoms with Gasteiger partial charge in [-0.05, 0) is 30.3 Å². The number of piperazine rings is 1. The second kappa shape index (κ2) is 5.49. The number of hydrogen-bond acceptors (Lipinski definition) is 4. The molecule has 0 bridgehead atoms. The van der Waals surface area contributed by atoms with Crippen molar-refractivity contribution in [3.63, 3.8) is 0 Å². The molecular formula is C15H23N3O. The molecule has 2 aliphatic rings. The molecule has 0 amide bonds. The van der Waals surface area contributed by atoms with E-state index in [-0.39, 0.29) is 6.61 Å². The first-order chi connectivity index (χ1) is 9.26. The molecule has 0 radical (unpaired) electrons.